The molecular formula is C18H23N3O4. The summed E-state index contributed by atoms with van der Waals surface area (Å²) in [5.74, 6) is -0.259. The summed E-state index contributed by atoms with van der Waals surface area (Å²) >= 11 is 0. The molecular weight excluding hydrogens is 322 g/mol. The summed E-state index contributed by atoms with van der Waals surface area (Å²) in [6.07, 6.45) is 7.20. The molecule has 0 unspecified atom stereocenters. The molecule has 2 heterocycles. The van der Waals surface area contributed by atoms with Gasteiger partial charge in [0.25, 0.3) is 5.91 Å². The first-order chi connectivity index (χ1) is 12.2. The third kappa shape index (κ3) is 6.39. The average molecular weight is 345 g/mol. The molecule has 0 fully saturated rings. The van der Waals surface area contributed by atoms with Gasteiger partial charge in [-0.2, -0.15) is 0 Å². The van der Waals surface area contributed by atoms with Crippen LogP contribution in [0.5, 0.6) is 0 Å². The number of carbonyl (C=O) groups is 2. The number of nitrogens with one attached hydrogen (secondary N) is 1. The van der Waals surface area contributed by atoms with E-state index in [0.717, 1.165) is 5.56 Å². The summed E-state index contributed by atoms with van der Waals surface area (Å²) in [7, 11) is 1.62. The molecule has 7 heteroatoms. The summed E-state index contributed by atoms with van der Waals surface area (Å²) in [6, 6.07) is 5.34. The van der Waals surface area contributed by atoms with E-state index < -0.39 is 0 Å². The van der Waals surface area contributed by atoms with Gasteiger partial charge in [-0.1, -0.05) is 6.07 Å². The Balaban J connectivity index is 1.83. The highest BCUT2D eigenvalue weighted by Gasteiger charge is 2.17. The van der Waals surface area contributed by atoms with E-state index in [9.17, 15) is 9.59 Å². The number of carbonyl (C=O) groups excluding carboxylic acids is 2. The van der Waals surface area contributed by atoms with E-state index in [0.29, 0.717) is 38.2 Å². The summed E-state index contributed by atoms with van der Waals surface area (Å²) in [6.45, 7) is 1.84. The van der Waals surface area contributed by atoms with E-state index in [4.69, 9.17) is 9.15 Å². The van der Waals surface area contributed by atoms with Gasteiger partial charge in [0.15, 0.2) is 0 Å². The molecule has 0 aliphatic rings. The number of amides is 2. The van der Waals surface area contributed by atoms with Crippen LogP contribution in [0.25, 0.3) is 0 Å². The largest absolute Gasteiger partial charge is 0.472 e. The molecule has 0 aliphatic heterocycles. The molecule has 2 amide bonds. The molecule has 0 aromatic carbocycles. The van der Waals surface area contributed by atoms with Crippen LogP contribution in [0, 0.1) is 0 Å². The first-order valence-corrected chi connectivity index (χ1v) is 8.16. The van der Waals surface area contributed by atoms with Crippen LogP contribution in [-0.4, -0.2) is 48.5 Å². The van der Waals surface area contributed by atoms with Gasteiger partial charge < -0.3 is 19.4 Å². The van der Waals surface area contributed by atoms with Crippen LogP contribution in [0.1, 0.15) is 28.8 Å². The standard InChI is InChI=1S/C18H23N3O4/c1-24-10-3-8-21(18(23)16-6-11-25-14-16)9-5-17(22)20-13-15-4-2-7-19-12-15/h2,4,6-7,11-12,14H,3,5,8-10,13H2,1H3,(H,20,22). The molecule has 0 atom stereocenters. The van der Waals surface area contributed by atoms with Crippen molar-refractivity contribution in [3.8, 4) is 0 Å². The molecule has 2 rings (SSSR count). The van der Waals surface area contributed by atoms with Crippen LogP contribution < -0.4 is 5.32 Å². The Bertz CT molecular complexity index is 644. The van der Waals surface area contributed by atoms with Crippen LogP contribution >= 0.6 is 0 Å². The average Bonchev–Trinajstić information content (AvgIpc) is 3.18. The monoisotopic (exact) mass is 345 g/mol. The summed E-state index contributed by atoms with van der Waals surface area (Å²) in [5.41, 5.74) is 1.41. The van der Waals surface area contributed by atoms with E-state index >= 15 is 0 Å². The number of aromatic nitrogens is 1. The van der Waals surface area contributed by atoms with E-state index in [1.807, 2.05) is 12.1 Å². The van der Waals surface area contributed by atoms with Gasteiger partial charge in [0, 0.05) is 52.2 Å². The molecule has 2 aromatic rings. The molecule has 2 aromatic heterocycles. The fourth-order valence-corrected chi connectivity index (χ4v) is 2.31. The van der Waals surface area contributed by atoms with Crippen LogP contribution in [0.15, 0.2) is 47.5 Å². The van der Waals surface area contributed by atoms with Crippen molar-refractivity contribution in [1.29, 1.82) is 0 Å². The van der Waals surface area contributed by atoms with Gasteiger partial charge in [-0.25, -0.2) is 0 Å². The first kappa shape index (κ1) is 18.7. The van der Waals surface area contributed by atoms with Crippen molar-refractivity contribution in [2.45, 2.75) is 19.4 Å². The molecule has 0 saturated heterocycles. The second-order valence-corrected chi connectivity index (χ2v) is 5.54. The molecule has 7 nitrogen and oxygen atoms in total. The summed E-state index contributed by atoms with van der Waals surface area (Å²) in [4.78, 5) is 30.2. The van der Waals surface area contributed by atoms with Gasteiger partial charge >= 0.3 is 0 Å². The van der Waals surface area contributed by atoms with Gasteiger partial charge in [0.2, 0.25) is 5.91 Å². The second-order valence-electron chi connectivity index (χ2n) is 5.54. The van der Waals surface area contributed by atoms with Gasteiger partial charge in [0.1, 0.15) is 6.26 Å². The highest BCUT2D eigenvalue weighted by molar-refractivity contribution is 5.94. The van der Waals surface area contributed by atoms with Crippen molar-refractivity contribution < 1.29 is 18.7 Å². The Labute approximate surface area is 147 Å². The predicted octanol–water partition coefficient (Wildman–Crippen LogP) is 1.86. The maximum Gasteiger partial charge on any atom is 0.257 e. The van der Waals surface area contributed by atoms with Crippen molar-refractivity contribution in [3.05, 3.63) is 54.2 Å². The maximum atomic E-state index is 12.5. The van der Waals surface area contributed by atoms with Crippen molar-refractivity contribution in [2.24, 2.45) is 0 Å². The number of furan rings is 1. The zero-order valence-electron chi connectivity index (χ0n) is 14.3. The van der Waals surface area contributed by atoms with Gasteiger partial charge in [0.05, 0.1) is 11.8 Å². The van der Waals surface area contributed by atoms with E-state index in [-0.39, 0.29) is 18.2 Å². The highest BCUT2D eigenvalue weighted by atomic mass is 16.5. The van der Waals surface area contributed by atoms with E-state index in [2.05, 4.69) is 10.3 Å². The topological polar surface area (TPSA) is 84.7 Å². The third-order valence-electron chi connectivity index (χ3n) is 3.65. The minimum atomic E-state index is -0.148. The zero-order valence-corrected chi connectivity index (χ0v) is 14.3. The van der Waals surface area contributed by atoms with Crippen LogP contribution in [0.3, 0.4) is 0 Å². The number of rotatable bonds is 10. The number of methoxy groups -OCH3 is 1. The summed E-state index contributed by atoms with van der Waals surface area (Å²) < 4.78 is 10.0. The number of pyridine rings is 1. The SMILES string of the molecule is COCCCN(CCC(=O)NCc1cccnc1)C(=O)c1ccoc1. The highest BCUT2D eigenvalue weighted by Crippen LogP contribution is 2.07. The van der Waals surface area contributed by atoms with Crippen molar-refractivity contribution >= 4 is 11.8 Å². The molecule has 25 heavy (non-hydrogen) atoms. The minimum Gasteiger partial charge on any atom is -0.472 e. The third-order valence-corrected chi connectivity index (χ3v) is 3.65. The Morgan fingerprint density at radius 2 is 2.20 bits per heavy atom. The van der Waals surface area contributed by atoms with Crippen LogP contribution in [0.4, 0.5) is 0 Å². The van der Waals surface area contributed by atoms with Gasteiger partial charge in [-0.05, 0) is 24.1 Å². The number of ether oxygens (including phenoxy) is 1. The second kappa shape index (κ2) is 10.2. The number of hydrogen-bond donors (Lipinski definition) is 1. The lowest BCUT2D eigenvalue weighted by Crippen LogP contribution is -2.36. The first-order valence-electron chi connectivity index (χ1n) is 8.16. The minimum absolute atomic E-state index is 0.111. The Morgan fingerprint density at radius 3 is 2.88 bits per heavy atom. The van der Waals surface area contributed by atoms with Crippen molar-refractivity contribution in [1.82, 2.24) is 15.2 Å². The predicted molar refractivity (Wildman–Crippen MR) is 91.8 cm³/mol. The fourth-order valence-electron chi connectivity index (χ4n) is 2.31. The molecule has 0 aliphatic carbocycles. The summed E-state index contributed by atoms with van der Waals surface area (Å²) in [5, 5.41) is 2.84. The van der Waals surface area contributed by atoms with Crippen molar-refractivity contribution in [3.63, 3.8) is 0 Å². The fraction of sp³-hybridized carbons (Fsp3) is 0.389. The maximum absolute atomic E-state index is 12.5. The lowest BCUT2D eigenvalue weighted by molar-refractivity contribution is -0.121. The van der Waals surface area contributed by atoms with Crippen LogP contribution in [-0.2, 0) is 16.1 Å². The number of hydrogen-bond acceptors (Lipinski definition) is 5. The van der Waals surface area contributed by atoms with E-state index in [1.54, 1.807) is 30.5 Å². The van der Waals surface area contributed by atoms with Crippen molar-refractivity contribution in [2.75, 3.05) is 26.8 Å². The number of nitrogens with zero attached hydrogens (tertiary/aromatic N) is 2. The smallest absolute Gasteiger partial charge is 0.257 e. The lowest BCUT2D eigenvalue weighted by Gasteiger charge is -2.21. The zero-order chi connectivity index (χ0) is 17.9. The Kier molecular flexibility index (Phi) is 7.65. The van der Waals surface area contributed by atoms with Gasteiger partial charge in [-0.3, -0.25) is 14.6 Å². The normalized spacial score (nSPS) is 10.4. The molecule has 134 valence electrons. The quantitative estimate of drug-likeness (QED) is 0.665. The van der Waals surface area contributed by atoms with Crippen LogP contribution in [0.2, 0.25) is 0 Å². The lowest BCUT2D eigenvalue weighted by atomic mass is 10.2. The molecule has 0 saturated carbocycles. The molecule has 0 bridgehead atoms. The molecule has 0 spiro atoms. The molecule has 1 N–H and O–H groups in total. The van der Waals surface area contributed by atoms with Gasteiger partial charge in [-0.15, -0.1) is 0 Å². The Morgan fingerprint density at radius 1 is 1.32 bits per heavy atom. The van der Waals surface area contributed by atoms with E-state index in [1.165, 1.54) is 12.5 Å². The Hall–Kier alpha value is -2.67. The molecule has 0 radical (unpaired) electrons.